The summed E-state index contributed by atoms with van der Waals surface area (Å²) in [5.74, 6) is 0. The van der Waals surface area contributed by atoms with Gasteiger partial charge in [0.05, 0.1) is 12.2 Å². The minimum absolute atomic E-state index is 0.806. The Labute approximate surface area is 126 Å². The number of nitrogens with zero attached hydrogens (tertiary/aromatic N) is 3. The van der Waals surface area contributed by atoms with Crippen molar-refractivity contribution in [3.63, 3.8) is 0 Å². The highest BCUT2D eigenvalue weighted by Gasteiger charge is 2.08. The van der Waals surface area contributed by atoms with Gasteiger partial charge in [0.1, 0.15) is 0 Å². The fourth-order valence-electron chi connectivity index (χ4n) is 2.80. The molecule has 0 aliphatic carbocycles. The first kappa shape index (κ1) is 12.6. The van der Waals surface area contributed by atoms with Crippen molar-refractivity contribution < 1.29 is 0 Å². The van der Waals surface area contributed by atoms with Crippen LogP contribution in [0.4, 0.5) is 0 Å². The summed E-state index contributed by atoms with van der Waals surface area (Å²) in [6.45, 7) is 1.70. The summed E-state index contributed by atoms with van der Waals surface area (Å²) in [5.41, 5.74) is 3.69. The average molecular weight is 296 g/mol. The molecule has 4 aromatic rings. The maximum atomic E-state index is 4.66. The summed E-state index contributed by atoms with van der Waals surface area (Å²) >= 11 is 1.67. The van der Waals surface area contributed by atoms with Crippen molar-refractivity contribution in [3.05, 3.63) is 59.5 Å². The zero-order chi connectivity index (χ0) is 14.2. The first-order valence-electron chi connectivity index (χ1n) is 6.97. The van der Waals surface area contributed by atoms with E-state index in [0.29, 0.717) is 0 Å². The third-order valence-electron chi connectivity index (χ3n) is 3.75. The molecule has 4 rings (SSSR count). The lowest BCUT2D eigenvalue weighted by molar-refractivity contribution is 0.811. The SMILES string of the molecule is CNCc1cccc2c1ccn2Cc1cn2ccsc2n1. The van der Waals surface area contributed by atoms with E-state index in [9.17, 15) is 0 Å². The van der Waals surface area contributed by atoms with E-state index in [0.717, 1.165) is 23.7 Å². The summed E-state index contributed by atoms with van der Waals surface area (Å²) in [6, 6.07) is 8.67. The number of rotatable bonds is 4. The van der Waals surface area contributed by atoms with Gasteiger partial charge in [-0.15, -0.1) is 11.3 Å². The number of imidazole rings is 1. The highest BCUT2D eigenvalue weighted by molar-refractivity contribution is 7.15. The van der Waals surface area contributed by atoms with Crippen LogP contribution in [0.2, 0.25) is 0 Å². The Kier molecular flexibility index (Phi) is 3.02. The number of hydrogen-bond acceptors (Lipinski definition) is 3. The largest absolute Gasteiger partial charge is 0.341 e. The van der Waals surface area contributed by atoms with Gasteiger partial charge in [0.15, 0.2) is 4.96 Å². The maximum Gasteiger partial charge on any atom is 0.193 e. The van der Waals surface area contributed by atoms with Gasteiger partial charge in [-0.25, -0.2) is 4.98 Å². The summed E-state index contributed by atoms with van der Waals surface area (Å²) in [4.78, 5) is 5.71. The molecule has 106 valence electrons. The quantitative estimate of drug-likeness (QED) is 0.628. The molecule has 0 aliphatic heterocycles. The Balaban J connectivity index is 1.73. The van der Waals surface area contributed by atoms with Crippen LogP contribution in [0.5, 0.6) is 0 Å². The van der Waals surface area contributed by atoms with E-state index < -0.39 is 0 Å². The van der Waals surface area contributed by atoms with Gasteiger partial charge in [-0.1, -0.05) is 12.1 Å². The lowest BCUT2D eigenvalue weighted by Gasteiger charge is -2.05. The molecule has 0 radical (unpaired) electrons. The van der Waals surface area contributed by atoms with Crippen molar-refractivity contribution >= 4 is 27.2 Å². The minimum Gasteiger partial charge on any atom is -0.341 e. The van der Waals surface area contributed by atoms with Crippen molar-refractivity contribution in [1.29, 1.82) is 0 Å². The predicted octanol–water partition coefficient (Wildman–Crippen LogP) is 3.12. The minimum atomic E-state index is 0.806. The molecule has 4 nitrogen and oxygen atoms in total. The third-order valence-corrected chi connectivity index (χ3v) is 4.52. The number of fused-ring (bicyclic) bond motifs is 2. The topological polar surface area (TPSA) is 34.3 Å². The lowest BCUT2D eigenvalue weighted by atomic mass is 10.1. The Hall–Kier alpha value is -2.11. The molecule has 0 aliphatic rings. The van der Waals surface area contributed by atoms with Gasteiger partial charge < -0.3 is 9.88 Å². The Morgan fingerprint density at radius 3 is 3.05 bits per heavy atom. The van der Waals surface area contributed by atoms with E-state index in [-0.39, 0.29) is 0 Å². The summed E-state index contributed by atoms with van der Waals surface area (Å²) in [5, 5.41) is 6.60. The van der Waals surface area contributed by atoms with Crippen LogP contribution in [0.25, 0.3) is 15.9 Å². The zero-order valence-electron chi connectivity index (χ0n) is 11.8. The molecule has 0 amide bonds. The van der Waals surface area contributed by atoms with Crippen LogP contribution < -0.4 is 5.32 Å². The number of thiazole rings is 1. The molecule has 0 fully saturated rings. The third kappa shape index (κ3) is 2.14. The van der Waals surface area contributed by atoms with Crippen LogP contribution in [0.3, 0.4) is 0 Å². The normalized spacial score (nSPS) is 11.7. The van der Waals surface area contributed by atoms with Crippen molar-refractivity contribution in [2.75, 3.05) is 7.05 Å². The van der Waals surface area contributed by atoms with Gasteiger partial charge in [0.2, 0.25) is 0 Å². The summed E-state index contributed by atoms with van der Waals surface area (Å²) in [7, 11) is 1.98. The van der Waals surface area contributed by atoms with Gasteiger partial charge in [0, 0.05) is 41.4 Å². The molecule has 0 saturated carbocycles. The molecule has 0 bridgehead atoms. The first-order chi connectivity index (χ1) is 10.3. The standard InChI is InChI=1S/C16H16N4S/c1-17-9-12-3-2-4-15-14(12)5-6-19(15)10-13-11-20-7-8-21-16(20)18-13/h2-8,11,17H,9-10H2,1H3. The second-order valence-electron chi connectivity index (χ2n) is 5.15. The molecular formula is C16H16N4S. The fourth-order valence-corrected chi connectivity index (χ4v) is 3.52. The van der Waals surface area contributed by atoms with E-state index in [1.54, 1.807) is 11.3 Å². The molecule has 3 aromatic heterocycles. The molecule has 0 atom stereocenters. The molecule has 3 heterocycles. The van der Waals surface area contributed by atoms with E-state index in [2.05, 4.69) is 67.5 Å². The van der Waals surface area contributed by atoms with Crippen LogP contribution >= 0.6 is 11.3 Å². The molecular weight excluding hydrogens is 280 g/mol. The summed E-state index contributed by atoms with van der Waals surface area (Å²) in [6.07, 6.45) is 6.31. The van der Waals surface area contributed by atoms with Gasteiger partial charge in [-0.05, 0) is 24.7 Å². The predicted molar refractivity (Wildman–Crippen MR) is 86.9 cm³/mol. The molecule has 0 saturated heterocycles. The van der Waals surface area contributed by atoms with Crippen LogP contribution in [0, 0.1) is 0 Å². The molecule has 1 N–H and O–H groups in total. The zero-order valence-corrected chi connectivity index (χ0v) is 12.6. The van der Waals surface area contributed by atoms with Gasteiger partial charge in [-0.2, -0.15) is 0 Å². The van der Waals surface area contributed by atoms with Crippen molar-refractivity contribution in [2.45, 2.75) is 13.1 Å². The molecule has 1 aromatic carbocycles. The van der Waals surface area contributed by atoms with E-state index in [4.69, 9.17) is 0 Å². The highest BCUT2D eigenvalue weighted by atomic mass is 32.1. The van der Waals surface area contributed by atoms with E-state index in [1.165, 1.54) is 16.5 Å². The first-order valence-corrected chi connectivity index (χ1v) is 7.85. The number of aromatic nitrogens is 3. The van der Waals surface area contributed by atoms with Gasteiger partial charge in [0.25, 0.3) is 0 Å². The van der Waals surface area contributed by atoms with Gasteiger partial charge >= 0.3 is 0 Å². The molecule has 21 heavy (non-hydrogen) atoms. The molecule has 5 heteroatoms. The number of hydrogen-bond donors (Lipinski definition) is 1. The van der Waals surface area contributed by atoms with E-state index >= 15 is 0 Å². The molecule has 0 unspecified atom stereocenters. The fraction of sp³-hybridized carbons (Fsp3) is 0.188. The van der Waals surface area contributed by atoms with Crippen LogP contribution in [-0.4, -0.2) is 21.0 Å². The second kappa shape index (κ2) is 5.02. The highest BCUT2D eigenvalue weighted by Crippen LogP contribution is 2.21. The Morgan fingerprint density at radius 2 is 2.19 bits per heavy atom. The number of nitrogens with one attached hydrogen (secondary N) is 1. The Bertz CT molecular complexity index is 871. The molecule has 0 spiro atoms. The van der Waals surface area contributed by atoms with Crippen LogP contribution in [-0.2, 0) is 13.1 Å². The van der Waals surface area contributed by atoms with Crippen LogP contribution in [0.1, 0.15) is 11.3 Å². The van der Waals surface area contributed by atoms with Crippen molar-refractivity contribution in [2.24, 2.45) is 0 Å². The smallest absolute Gasteiger partial charge is 0.193 e. The number of benzene rings is 1. The second-order valence-corrected chi connectivity index (χ2v) is 6.02. The lowest BCUT2D eigenvalue weighted by Crippen LogP contribution is -2.05. The monoisotopic (exact) mass is 296 g/mol. The summed E-state index contributed by atoms with van der Waals surface area (Å²) < 4.78 is 4.35. The van der Waals surface area contributed by atoms with Crippen molar-refractivity contribution in [1.82, 2.24) is 19.3 Å². The average Bonchev–Trinajstić information content (AvgIpc) is 3.15. The maximum absolute atomic E-state index is 4.66. The van der Waals surface area contributed by atoms with Crippen molar-refractivity contribution in [3.8, 4) is 0 Å². The Morgan fingerprint density at radius 1 is 1.24 bits per heavy atom. The van der Waals surface area contributed by atoms with E-state index in [1.807, 2.05) is 7.05 Å². The van der Waals surface area contributed by atoms with Crippen LogP contribution in [0.15, 0.2) is 48.2 Å². The van der Waals surface area contributed by atoms with Gasteiger partial charge in [-0.3, -0.25) is 4.40 Å².